The first-order chi connectivity index (χ1) is 14.9. The lowest BCUT2D eigenvalue weighted by Crippen LogP contribution is -2.51. The molecule has 0 unspecified atom stereocenters. The van der Waals surface area contributed by atoms with Crippen molar-refractivity contribution in [1.82, 2.24) is 14.2 Å². The van der Waals surface area contributed by atoms with Crippen LogP contribution in [0.5, 0.6) is 0 Å². The zero-order valence-corrected chi connectivity index (χ0v) is 20.0. The predicted molar refractivity (Wildman–Crippen MR) is 128 cm³/mol. The standard InChI is InChI=1S/C24H36N4O2S/c1-24(2,3)30-23(29)28(19-9-5-4-6-10-19)18-15-26-13-16-27(17-14-26)22-20-11-7-8-12-21(20)31-25-22/h7-8,11-12,19H,4-6,9-10,13-18H2,1-3H3. The smallest absolute Gasteiger partial charge is 0.410 e. The Morgan fingerprint density at radius 2 is 1.84 bits per heavy atom. The van der Waals surface area contributed by atoms with Gasteiger partial charge >= 0.3 is 6.09 Å². The van der Waals surface area contributed by atoms with Crippen LogP contribution in [-0.4, -0.2) is 71.2 Å². The van der Waals surface area contributed by atoms with E-state index in [-0.39, 0.29) is 6.09 Å². The predicted octanol–water partition coefficient (Wildman–Crippen LogP) is 4.99. The summed E-state index contributed by atoms with van der Waals surface area (Å²) in [7, 11) is 0. The lowest BCUT2D eigenvalue weighted by molar-refractivity contribution is 0.00979. The molecule has 170 valence electrons. The molecule has 1 aliphatic heterocycles. The summed E-state index contributed by atoms with van der Waals surface area (Å²) in [5, 5.41) is 1.26. The fourth-order valence-corrected chi connectivity index (χ4v) is 5.47. The Balaban J connectivity index is 1.33. The third kappa shape index (κ3) is 5.69. The minimum absolute atomic E-state index is 0.146. The Bertz CT molecular complexity index is 864. The topological polar surface area (TPSA) is 48.9 Å². The maximum Gasteiger partial charge on any atom is 0.410 e. The van der Waals surface area contributed by atoms with Gasteiger partial charge in [-0.25, -0.2) is 4.79 Å². The molecule has 4 rings (SSSR count). The molecule has 7 heteroatoms. The van der Waals surface area contributed by atoms with Crippen LogP contribution in [0.25, 0.3) is 10.1 Å². The van der Waals surface area contributed by atoms with Crippen molar-refractivity contribution in [2.75, 3.05) is 44.2 Å². The average Bonchev–Trinajstić information content (AvgIpc) is 3.18. The zero-order chi connectivity index (χ0) is 21.8. The van der Waals surface area contributed by atoms with Gasteiger partial charge in [-0.15, -0.1) is 0 Å². The Morgan fingerprint density at radius 1 is 1.13 bits per heavy atom. The number of amides is 1. The monoisotopic (exact) mass is 444 g/mol. The SMILES string of the molecule is CC(C)(C)OC(=O)N(CCN1CCN(c2nsc3ccccc23)CC1)C1CCCCC1. The molecule has 1 aromatic heterocycles. The number of fused-ring (bicyclic) bond motifs is 1. The van der Waals surface area contributed by atoms with Gasteiger partial charge in [0.2, 0.25) is 0 Å². The van der Waals surface area contributed by atoms with E-state index >= 15 is 0 Å². The number of piperazine rings is 1. The molecule has 1 aliphatic carbocycles. The number of hydrogen-bond acceptors (Lipinski definition) is 6. The van der Waals surface area contributed by atoms with Crippen molar-refractivity contribution in [3.8, 4) is 0 Å². The highest BCUT2D eigenvalue weighted by Crippen LogP contribution is 2.30. The largest absolute Gasteiger partial charge is 0.444 e. The molecule has 1 amide bonds. The number of rotatable bonds is 5. The van der Waals surface area contributed by atoms with Crippen LogP contribution in [0.15, 0.2) is 24.3 Å². The lowest BCUT2D eigenvalue weighted by Gasteiger charge is -2.39. The number of carbonyl (C=O) groups excluding carboxylic acids is 1. The van der Waals surface area contributed by atoms with Crippen molar-refractivity contribution >= 4 is 33.5 Å². The highest BCUT2D eigenvalue weighted by atomic mass is 32.1. The number of ether oxygens (including phenoxy) is 1. The number of carbonyl (C=O) groups is 1. The molecular weight excluding hydrogens is 408 g/mol. The summed E-state index contributed by atoms with van der Waals surface area (Å²) in [5.41, 5.74) is -0.452. The number of nitrogens with zero attached hydrogens (tertiary/aromatic N) is 4. The van der Waals surface area contributed by atoms with E-state index in [4.69, 9.17) is 9.11 Å². The van der Waals surface area contributed by atoms with E-state index in [1.807, 2.05) is 25.7 Å². The molecule has 2 fully saturated rings. The summed E-state index contributed by atoms with van der Waals surface area (Å²) in [6.45, 7) is 11.5. The number of anilines is 1. The van der Waals surface area contributed by atoms with Crippen LogP contribution in [0.1, 0.15) is 52.9 Å². The second-order valence-electron chi connectivity index (χ2n) is 9.80. The molecule has 0 spiro atoms. The zero-order valence-electron chi connectivity index (χ0n) is 19.2. The maximum atomic E-state index is 12.9. The van der Waals surface area contributed by atoms with Crippen LogP contribution in [0.2, 0.25) is 0 Å². The first-order valence-corrected chi connectivity index (χ1v) is 12.5. The highest BCUT2D eigenvalue weighted by Gasteiger charge is 2.30. The quantitative estimate of drug-likeness (QED) is 0.650. The van der Waals surface area contributed by atoms with Gasteiger partial charge in [0.05, 0.1) is 4.70 Å². The fourth-order valence-electron chi connectivity index (χ4n) is 4.67. The molecule has 0 radical (unpaired) electrons. The summed E-state index contributed by atoms with van der Waals surface area (Å²) in [5.74, 6) is 1.12. The van der Waals surface area contributed by atoms with E-state index in [2.05, 4.69) is 34.1 Å². The molecule has 1 saturated carbocycles. The summed E-state index contributed by atoms with van der Waals surface area (Å²) < 4.78 is 11.7. The van der Waals surface area contributed by atoms with Crippen molar-refractivity contribution in [2.24, 2.45) is 0 Å². The van der Waals surface area contributed by atoms with Gasteiger partial charge in [-0.2, -0.15) is 4.37 Å². The Kier molecular flexibility index (Phi) is 7.02. The summed E-state index contributed by atoms with van der Waals surface area (Å²) in [6, 6.07) is 8.80. The number of hydrogen-bond donors (Lipinski definition) is 0. The molecule has 1 saturated heterocycles. The van der Waals surface area contributed by atoms with Gasteiger partial charge in [0.15, 0.2) is 0 Å². The van der Waals surface area contributed by atoms with Gasteiger partial charge in [-0.05, 0) is 57.3 Å². The van der Waals surface area contributed by atoms with Crippen molar-refractivity contribution in [1.29, 1.82) is 0 Å². The fraction of sp³-hybridized carbons (Fsp3) is 0.667. The Hall–Kier alpha value is -1.86. The average molecular weight is 445 g/mol. The Labute approximate surface area is 190 Å². The van der Waals surface area contributed by atoms with E-state index in [1.165, 1.54) is 29.3 Å². The number of aromatic nitrogens is 1. The van der Waals surface area contributed by atoms with Crippen LogP contribution in [0, 0.1) is 0 Å². The van der Waals surface area contributed by atoms with Gasteiger partial charge < -0.3 is 14.5 Å². The van der Waals surface area contributed by atoms with E-state index in [1.54, 1.807) is 11.5 Å². The van der Waals surface area contributed by atoms with Crippen molar-refractivity contribution < 1.29 is 9.53 Å². The first-order valence-electron chi connectivity index (χ1n) is 11.7. The maximum absolute atomic E-state index is 12.9. The van der Waals surface area contributed by atoms with Crippen molar-refractivity contribution in [3.63, 3.8) is 0 Å². The molecule has 6 nitrogen and oxygen atoms in total. The summed E-state index contributed by atoms with van der Waals surface area (Å²) in [4.78, 5) is 19.8. The molecular formula is C24H36N4O2S. The minimum atomic E-state index is -0.452. The van der Waals surface area contributed by atoms with Crippen molar-refractivity contribution in [2.45, 2.75) is 64.5 Å². The first kappa shape index (κ1) is 22.3. The number of benzene rings is 1. The third-order valence-electron chi connectivity index (χ3n) is 6.33. The van der Waals surface area contributed by atoms with Crippen LogP contribution < -0.4 is 4.90 Å². The van der Waals surface area contributed by atoms with Gasteiger partial charge in [-0.1, -0.05) is 31.4 Å². The molecule has 0 atom stereocenters. The molecule has 2 heterocycles. The molecule has 0 N–H and O–H groups in total. The van der Waals surface area contributed by atoms with Crippen LogP contribution in [-0.2, 0) is 4.74 Å². The Morgan fingerprint density at radius 3 is 2.55 bits per heavy atom. The summed E-state index contributed by atoms with van der Waals surface area (Å²) >= 11 is 1.58. The van der Waals surface area contributed by atoms with E-state index in [0.29, 0.717) is 6.04 Å². The summed E-state index contributed by atoms with van der Waals surface area (Å²) in [6.07, 6.45) is 5.76. The van der Waals surface area contributed by atoms with Crippen LogP contribution in [0.4, 0.5) is 10.6 Å². The van der Waals surface area contributed by atoms with Gasteiger partial charge in [-0.3, -0.25) is 4.90 Å². The van der Waals surface area contributed by atoms with Crippen LogP contribution >= 0.6 is 11.5 Å². The van der Waals surface area contributed by atoms with Gasteiger partial charge in [0, 0.05) is 50.7 Å². The van der Waals surface area contributed by atoms with Crippen molar-refractivity contribution in [3.05, 3.63) is 24.3 Å². The third-order valence-corrected chi connectivity index (χ3v) is 7.15. The minimum Gasteiger partial charge on any atom is -0.444 e. The molecule has 0 bridgehead atoms. The van der Waals surface area contributed by atoms with E-state index in [9.17, 15) is 4.79 Å². The highest BCUT2D eigenvalue weighted by molar-refractivity contribution is 7.13. The van der Waals surface area contributed by atoms with Crippen LogP contribution in [0.3, 0.4) is 0 Å². The van der Waals surface area contributed by atoms with E-state index in [0.717, 1.165) is 57.9 Å². The van der Waals surface area contributed by atoms with Gasteiger partial charge in [0.25, 0.3) is 0 Å². The lowest BCUT2D eigenvalue weighted by atomic mass is 9.94. The molecule has 31 heavy (non-hydrogen) atoms. The molecule has 2 aromatic rings. The van der Waals surface area contributed by atoms with Gasteiger partial charge in [0.1, 0.15) is 11.4 Å². The molecule has 2 aliphatic rings. The normalized spacial score (nSPS) is 19.0. The second-order valence-corrected chi connectivity index (χ2v) is 10.6. The van der Waals surface area contributed by atoms with E-state index < -0.39 is 5.60 Å². The molecule has 1 aromatic carbocycles. The second kappa shape index (κ2) is 9.74.